The van der Waals surface area contributed by atoms with E-state index < -0.39 is 0 Å². The first-order chi connectivity index (χ1) is 12.5. The Balaban J connectivity index is 1.83. The van der Waals surface area contributed by atoms with Crippen LogP contribution in [-0.2, 0) is 0 Å². The molecule has 2 aliphatic heterocycles. The highest BCUT2D eigenvalue weighted by molar-refractivity contribution is 7.80. The summed E-state index contributed by atoms with van der Waals surface area (Å²) in [4.78, 5) is 14.3. The number of thiocarbonyl (C=S) groups is 1. The van der Waals surface area contributed by atoms with Crippen LogP contribution in [0.1, 0.15) is 46.5 Å². The molecule has 3 rings (SSSR count). The number of hydrogen-bond donors (Lipinski definition) is 2. The summed E-state index contributed by atoms with van der Waals surface area (Å²) in [6.07, 6.45) is 4.79. The van der Waals surface area contributed by atoms with Gasteiger partial charge in [-0.3, -0.25) is 0 Å². The summed E-state index contributed by atoms with van der Waals surface area (Å²) in [5, 5.41) is 6.98. The fourth-order valence-corrected chi connectivity index (χ4v) is 4.18. The molecule has 2 N–H and O–H groups in total. The molecule has 0 radical (unpaired) electrons. The fourth-order valence-electron chi connectivity index (χ4n) is 3.98. The summed E-state index contributed by atoms with van der Waals surface area (Å²) in [7, 11) is 0. The number of hydrogen-bond acceptors (Lipinski definition) is 5. The minimum Gasteiger partial charge on any atom is -0.362 e. The first-order valence-corrected chi connectivity index (χ1v) is 10.4. The standard InChI is InChI=1S/C19H32N6S/c1-4-7-20-19(26)23-18-21-16(24-8-5-6-9-24)11-17(22-18)25-12-14(2)10-15(3)13-25/h11,14-15H,4-10,12-13H2,1-3H3,(H2,20,21,22,23,26)/t14-,15-/m0/s1. The van der Waals surface area contributed by atoms with Crippen LogP contribution in [0.4, 0.5) is 17.6 Å². The molecule has 1 aromatic rings. The monoisotopic (exact) mass is 376 g/mol. The van der Waals surface area contributed by atoms with Crippen molar-refractivity contribution in [1.29, 1.82) is 0 Å². The highest BCUT2D eigenvalue weighted by atomic mass is 32.1. The molecular formula is C19H32N6S. The molecule has 1 aromatic heterocycles. The summed E-state index contributed by atoms with van der Waals surface area (Å²) in [6, 6.07) is 2.16. The van der Waals surface area contributed by atoms with E-state index in [0.29, 0.717) is 22.9 Å². The smallest absolute Gasteiger partial charge is 0.232 e. The van der Waals surface area contributed by atoms with Crippen LogP contribution in [0.2, 0.25) is 0 Å². The van der Waals surface area contributed by atoms with Crippen LogP contribution in [0.3, 0.4) is 0 Å². The molecule has 2 aliphatic rings. The molecule has 0 saturated carbocycles. The Morgan fingerprint density at radius 3 is 2.35 bits per heavy atom. The zero-order chi connectivity index (χ0) is 18.5. The van der Waals surface area contributed by atoms with Gasteiger partial charge in [0, 0.05) is 38.8 Å². The normalized spacial score (nSPS) is 23.2. The topological polar surface area (TPSA) is 56.3 Å². The third-order valence-electron chi connectivity index (χ3n) is 5.08. The molecular weight excluding hydrogens is 344 g/mol. The molecule has 3 heterocycles. The van der Waals surface area contributed by atoms with Gasteiger partial charge in [-0.1, -0.05) is 20.8 Å². The van der Waals surface area contributed by atoms with Crippen molar-refractivity contribution in [3.8, 4) is 0 Å². The maximum Gasteiger partial charge on any atom is 0.232 e. The molecule has 0 aromatic carbocycles. The maximum absolute atomic E-state index is 5.39. The van der Waals surface area contributed by atoms with Gasteiger partial charge < -0.3 is 20.4 Å². The van der Waals surface area contributed by atoms with Crippen molar-refractivity contribution in [2.75, 3.05) is 47.8 Å². The largest absolute Gasteiger partial charge is 0.362 e. The van der Waals surface area contributed by atoms with Crippen LogP contribution in [-0.4, -0.2) is 47.8 Å². The van der Waals surface area contributed by atoms with E-state index in [1.165, 1.54) is 19.3 Å². The van der Waals surface area contributed by atoms with E-state index in [1.54, 1.807) is 0 Å². The molecule has 2 atom stereocenters. The zero-order valence-electron chi connectivity index (χ0n) is 16.3. The van der Waals surface area contributed by atoms with Crippen molar-refractivity contribution >= 4 is 34.9 Å². The summed E-state index contributed by atoms with van der Waals surface area (Å²) < 4.78 is 0. The lowest BCUT2D eigenvalue weighted by atomic mass is 9.92. The van der Waals surface area contributed by atoms with E-state index >= 15 is 0 Å². The Kier molecular flexibility index (Phi) is 6.51. The second kappa shape index (κ2) is 8.84. The lowest BCUT2D eigenvalue weighted by molar-refractivity contribution is 0.355. The number of piperidine rings is 1. The van der Waals surface area contributed by atoms with Crippen molar-refractivity contribution < 1.29 is 0 Å². The van der Waals surface area contributed by atoms with Crippen molar-refractivity contribution in [3.63, 3.8) is 0 Å². The van der Waals surface area contributed by atoms with Crippen LogP contribution in [0.25, 0.3) is 0 Å². The van der Waals surface area contributed by atoms with Gasteiger partial charge >= 0.3 is 0 Å². The molecule has 2 saturated heterocycles. The van der Waals surface area contributed by atoms with Crippen LogP contribution in [0, 0.1) is 11.8 Å². The van der Waals surface area contributed by atoms with E-state index in [-0.39, 0.29) is 0 Å². The van der Waals surface area contributed by atoms with Crippen molar-refractivity contribution in [1.82, 2.24) is 15.3 Å². The van der Waals surface area contributed by atoms with Gasteiger partial charge in [-0.15, -0.1) is 0 Å². The summed E-state index contributed by atoms with van der Waals surface area (Å²) in [5.41, 5.74) is 0. The maximum atomic E-state index is 5.39. The van der Waals surface area contributed by atoms with Crippen LogP contribution in [0.5, 0.6) is 0 Å². The number of nitrogens with one attached hydrogen (secondary N) is 2. The van der Waals surface area contributed by atoms with E-state index in [0.717, 1.165) is 50.8 Å². The van der Waals surface area contributed by atoms with Gasteiger partial charge in [0.25, 0.3) is 0 Å². The van der Waals surface area contributed by atoms with Crippen molar-refractivity contribution in [3.05, 3.63) is 6.07 Å². The Labute approximate surface area is 162 Å². The number of nitrogens with zero attached hydrogens (tertiary/aromatic N) is 4. The molecule has 144 valence electrons. The van der Waals surface area contributed by atoms with E-state index in [9.17, 15) is 0 Å². The number of rotatable bonds is 5. The molecule has 0 bridgehead atoms. The molecule has 0 amide bonds. The SMILES string of the molecule is CCCNC(=S)Nc1nc(N2CCCC2)cc(N2C[C@@H](C)C[C@H](C)C2)n1. The first kappa shape index (κ1) is 19.1. The van der Waals surface area contributed by atoms with Crippen LogP contribution < -0.4 is 20.4 Å². The highest BCUT2D eigenvalue weighted by Gasteiger charge is 2.25. The van der Waals surface area contributed by atoms with Gasteiger partial charge in [0.05, 0.1) is 0 Å². The third kappa shape index (κ3) is 4.96. The summed E-state index contributed by atoms with van der Waals surface area (Å²) >= 11 is 5.39. The van der Waals surface area contributed by atoms with Crippen molar-refractivity contribution in [2.45, 2.75) is 46.5 Å². The second-order valence-electron chi connectivity index (χ2n) is 7.83. The number of anilines is 3. The van der Waals surface area contributed by atoms with Gasteiger partial charge in [-0.05, 0) is 49.7 Å². The molecule has 0 unspecified atom stereocenters. The molecule has 2 fully saturated rings. The summed E-state index contributed by atoms with van der Waals surface area (Å²) in [6.45, 7) is 11.9. The lowest BCUT2D eigenvalue weighted by Gasteiger charge is -2.36. The fraction of sp³-hybridized carbons (Fsp3) is 0.737. The average Bonchev–Trinajstić information content (AvgIpc) is 3.13. The lowest BCUT2D eigenvalue weighted by Crippen LogP contribution is -2.39. The molecule has 7 heteroatoms. The minimum absolute atomic E-state index is 0.594. The Morgan fingerprint density at radius 2 is 1.73 bits per heavy atom. The summed E-state index contributed by atoms with van der Waals surface area (Å²) in [5.74, 6) is 4.00. The molecule has 26 heavy (non-hydrogen) atoms. The molecule has 6 nitrogen and oxygen atoms in total. The molecule has 0 aliphatic carbocycles. The van der Waals surface area contributed by atoms with Gasteiger partial charge in [-0.25, -0.2) is 0 Å². The Bertz CT molecular complexity index is 606. The minimum atomic E-state index is 0.594. The Morgan fingerprint density at radius 1 is 1.12 bits per heavy atom. The van der Waals surface area contributed by atoms with Crippen LogP contribution >= 0.6 is 12.2 Å². The second-order valence-corrected chi connectivity index (χ2v) is 8.24. The van der Waals surface area contributed by atoms with E-state index in [2.05, 4.69) is 47.3 Å². The zero-order valence-corrected chi connectivity index (χ0v) is 17.1. The quantitative estimate of drug-likeness (QED) is 0.765. The van der Waals surface area contributed by atoms with Crippen LogP contribution in [0.15, 0.2) is 6.07 Å². The third-order valence-corrected chi connectivity index (χ3v) is 5.33. The van der Waals surface area contributed by atoms with Gasteiger partial charge in [0.1, 0.15) is 11.6 Å². The van der Waals surface area contributed by atoms with Gasteiger partial charge in [-0.2, -0.15) is 9.97 Å². The van der Waals surface area contributed by atoms with Gasteiger partial charge in [0.15, 0.2) is 5.11 Å². The van der Waals surface area contributed by atoms with Gasteiger partial charge in [0.2, 0.25) is 5.95 Å². The highest BCUT2D eigenvalue weighted by Crippen LogP contribution is 2.29. The average molecular weight is 377 g/mol. The first-order valence-electron chi connectivity index (χ1n) is 9.99. The van der Waals surface area contributed by atoms with Crippen molar-refractivity contribution in [2.24, 2.45) is 11.8 Å². The predicted molar refractivity (Wildman–Crippen MR) is 113 cm³/mol. The predicted octanol–water partition coefficient (Wildman–Crippen LogP) is 3.26. The van der Waals surface area contributed by atoms with E-state index in [4.69, 9.17) is 22.2 Å². The van der Waals surface area contributed by atoms with E-state index in [1.807, 2.05) is 0 Å². The Hall–Kier alpha value is -1.63. The number of aromatic nitrogens is 2. The molecule has 0 spiro atoms.